The average Bonchev–Trinajstić information content (AvgIpc) is 1.50. The molecule has 0 aliphatic heterocycles. The fourth-order valence-electron chi connectivity index (χ4n) is 0. The van der Waals surface area contributed by atoms with E-state index in [1.807, 2.05) is 0 Å². The van der Waals surface area contributed by atoms with Crippen molar-refractivity contribution in [2.75, 3.05) is 0 Å². The van der Waals surface area contributed by atoms with Crippen LogP contribution in [0, 0.1) is 0 Å². The van der Waals surface area contributed by atoms with Crippen LogP contribution in [0.3, 0.4) is 0 Å². The van der Waals surface area contributed by atoms with Crippen molar-refractivity contribution >= 4 is 0 Å². The predicted octanol–water partition coefficient (Wildman–Crippen LogP) is -0.209. The molecule has 0 rings (SSSR count). The SMILES string of the molecule is [NH-]N.[O]=[Tc]. The van der Waals surface area contributed by atoms with Gasteiger partial charge in [0.05, 0.1) is 0 Å². The molecular formula is H3N2OTc-. The van der Waals surface area contributed by atoms with Crippen molar-refractivity contribution in [3.05, 3.63) is 5.84 Å². The molecule has 0 saturated heterocycles. The minimum atomic E-state index is 0.900. The summed E-state index contributed by atoms with van der Waals surface area (Å²) in [5.41, 5.74) is 0. The summed E-state index contributed by atoms with van der Waals surface area (Å²) in [6, 6.07) is 0. The van der Waals surface area contributed by atoms with Gasteiger partial charge in [0.25, 0.3) is 0 Å². The molecule has 3 nitrogen and oxygen atoms in total. The maximum absolute atomic E-state index is 8.22. The van der Waals surface area contributed by atoms with E-state index in [1.165, 1.54) is 0 Å². The molecule has 0 aliphatic carbocycles. The number of nitrogens with one attached hydrogen (secondary N) is 1. The number of hydrogen-bond donors (Lipinski definition) is 1. The third-order valence-corrected chi connectivity index (χ3v) is 0. The first kappa shape index (κ1) is 8.84. The van der Waals surface area contributed by atoms with E-state index in [9.17, 15) is 0 Å². The van der Waals surface area contributed by atoms with Crippen LogP contribution in [0.4, 0.5) is 0 Å². The summed E-state index contributed by atoms with van der Waals surface area (Å²) >= 11 is 0.900. The monoisotopic (exact) mass is 144 g/mol. The fraction of sp³-hybridized carbons (Fsp3) is 0. The summed E-state index contributed by atoms with van der Waals surface area (Å²) in [5, 5.41) is 0. The average molecular weight is 145 g/mol. The second-order valence-corrected chi connectivity index (χ2v) is 0. The zero-order valence-corrected chi connectivity index (χ0v) is 3.72. The molecule has 0 radical (unpaired) electrons. The van der Waals surface area contributed by atoms with E-state index in [4.69, 9.17) is 9.35 Å². The second kappa shape index (κ2) is 139. The Morgan fingerprint density at radius 1 is 1.50 bits per heavy atom. The van der Waals surface area contributed by atoms with Gasteiger partial charge in [0.2, 0.25) is 0 Å². The van der Waals surface area contributed by atoms with Crippen LogP contribution < -0.4 is 5.84 Å². The molecule has 3 N–H and O–H groups in total. The molecule has 4 heteroatoms. The summed E-state index contributed by atoms with van der Waals surface area (Å²) in [6.07, 6.45) is 0. The van der Waals surface area contributed by atoms with Crippen molar-refractivity contribution in [3.63, 3.8) is 0 Å². The van der Waals surface area contributed by atoms with Gasteiger partial charge in [0, 0.05) is 0 Å². The quantitative estimate of drug-likeness (QED) is 0.378. The number of nitrogens with two attached hydrogens (primary N) is 1. The molecule has 0 aliphatic rings. The molecular weight excluding hydrogens is 142 g/mol. The molecule has 27 valence electrons. The summed E-state index contributed by atoms with van der Waals surface area (Å²) in [6.45, 7) is 0. The molecule has 0 aromatic heterocycles. The summed E-state index contributed by atoms with van der Waals surface area (Å²) < 4.78 is 8.22. The zero-order valence-electron chi connectivity index (χ0n) is 1.86. The van der Waals surface area contributed by atoms with Crippen LogP contribution in [-0.2, 0) is 22.4 Å². The van der Waals surface area contributed by atoms with E-state index < -0.39 is 0 Å². The van der Waals surface area contributed by atoms with Gasteiger partial charge in [-0.15, -0.1) is 0 Å². The zero-order chi connectivity index (χ0) is 4.00. The van der Waals surface area contributed by atoms with Crippen molar-refractivity contribution in [1.82, 2.24) is 0 Å². The van der Waals surface area contributed by atoms with Crippen molar-refractivity contribution in [1.29, 1.82) is 0 Å². The van der Waals surface area contributed by atoms with Gasteiger partial charge in [0.1, 0.15) is 0 Å². The Labute approximate surface area is 34.8 Å². The first-order valence-corrected chi connectivity index (χ1v) is 1.20. The van der Waals surface area contributed by atoms with E-state index in [1.54, 1.807) is 0 Å². The molecule has 0 unspecified atom stereocenters. The van der Waals surface area contributed by atoms with Gasteiger partial charge in [-0.1, -0.05) is 0 Å². The molecule has 0 fully saturated rings. The normalized spacial score (nSPS) is 2.50. The Morgan fingerprint density at radius 3 is 1.50 bits per heavy atom. The van der Waals surface area contributed by atoms with Crippen molar-refractivity contribution in [2.24, 2.45) is 5.84 Å². The molecule has 0 amide bonds. The van der Waals surface area contributed by atoms with Crippen LogP contribution in [0.5, 0.6) is 0 Å². The predicted molar refractivity (Wildman–Crippen MR) is 9.20 cm³/mol. The van der Waals surface area contributed by atoms with Crippen LogP contribution in [0.1, 0.15) is 0 Å². The molecule has 0 atom stereocenters. The Morgan fingerprint density at radius 2 is 1.50 bits per heavy atom. The summed E-state index contributed by atoms with van der Waals surface area (Å²) in [7, 11) is 0. The first-order chi connectivity index (χ1) is 2.00. The minimum absolute atomic E-state index is 0.900. The third kappa shape index (κ3) is 32.6. The molecule has 0 saturated carbocycles. The third-order valence-electron chi connectivity index (χ3n) is 0. The van der Waals surface area contributed by atoms with Gasteiger partial charge in [-0.3, -0.25) is 0 Å². The van der Waals surface area contributed by atoms with Gasteiger partial charge in [0.15, 0.2) is 0 Å². The van der Waals surface area contributed by atoms with Gasteiger partial charge in [-0.05, 0) is 0 Å². The van der Waals surface area contributed by atoms with Crippen molar-refractivity contribution in [3.8, 4) is 0 Å². The molecule has 0 heterocycles. The standard InChI is InChI=1S/H3N2.O.Tc/c1-2;;/h1H,2H2;;/q-1;;. The van der Waals surface area contributed by atoms with Gasteiger partial charge < -0.3 is 11.7 Å². The van der Waals surface area contributed by atoms with E-state index in [0.29, 0.717) is 0 Å². The Hall–Kier alpha value is 0.369. The van der Waals surface area contributed by atoms with Gasteiger partial charge >= 0.3 is 22.4 Å². The Bertz CT molecular complexity index is 6.00. The molecule has 4 heavy (non-hydrogen) atoms. The molecule has 0 aromatic carbocycles. The van der Waals surface area contributed by atoms with E-state index in [2.05, 4.69) is 5.84 Å². The Kier molecular flexibility index (Phi) is 306. The topological polar surface area (TPSA) is 66.9 Å². The maximum atomic E-state index is 8.22. The van der Waals surface area contributed by atoms with Crippen LogP contribution >= 0.6 is 0 Å². The number of rotatable bonds is 0. The first-order valence-electron chi connectivity index (χ1n) is 0.443. The fourth-order valence-corrected chi connectivity index (χ4v) is 0. The van der Waals surface area contributed by atoms with Crippen LogP contribution in [0.25, 0.3) is 5.84 Å². The number of hydrogen-bond acceptors (Lipinski definition) is 2. The van der Waals surface area contributed by atoms with Crippen molar-refractivity contribution in [2.45, 2.75) is 0 Å². The summed E-state index contributed by atoms with van der Waals surface area (Å²) in [5.74, 6) is 9.00. The van der Waals surface area contributed by atoms with Gasteiger partial charge in [-0.2, -0.15) is 0 Å². The second-order valence-electron chi connectivity index (χ2n) is 0. The Balaban J connectivity index is 0. The molecule has 0 aromatic rings. The summed E-state index contributed by atoms with van der Waals surface area (Å²) in [4.78, 5) is 0. The molecule has 0 spiro atoms. The van der Waals surface area contributed by atoms with E-state index in [-0.39, 0.29) is 0 Å². The van der Waals surface area contributed by atoms with E-state index in [0.717, 1.165) is 18.9 Å². The van der Waals surface area contributed by atoms with Crippen LogP contribution in [0.15, 0.2) is 0 Å². The van der Waals surface area contributed by atoms with E-state index >= 15 is 0 Å². The molecule has 0 bridgehead atoms. The van der Waals surface area contributed by atoms with Gasteiger partial charge in [-0.25, -0.2) is 0 Å². The van der Waals surface area contributed by atoms with Crippen molar-refractivity contribution < 1.29 is 22.4 Å². The van der Waals surface area contributed by atoms with Crippen LogP contribution in [-0.4, -0.2) is 0 Å². The van der Waals surface area contributed by atoms with Crippen LogP contribution in [0.2, 0.25) is 0 Å².